The first kappa shape index (κ1) is 14.0. The third-order valence-electron chi connectivity index (χ3n) is 4.48. The van der Waals surface area contributed by atoms with Gasteiger partial charge in [0.2, 0.25) is 5.91 Å². The minimum Gasteiger partial charge on any atom is -0.361 e. The maximum atomic E-state index is 13.3. The Morgan fingerprint density at radius 3 is 3.00 bits per heavy atom. The van der Waals surface area contributed by atoms with E-state index >= 15 is 0 Å². The standard InChI is InChI=1S/C19H17FN2O/c20-15-7-8-16-14(12-21-17(16)11-15)10-19(23)22-9-3-5-13-4-1-2-6-18(13)22/h1-2,4,6-8,11-12,21H,3,5,9-10H2. The summed E-state index contributed by atoms with van der Waals surface area (Å²) < 4.78 is 13.3. The van der Waals surface area contributed by atoms with Crippen molar-refractivity contribution in [1.82, 2.24) is 4.98 Å². The number of rotatable bonds is 2. The van der Waals surface area contributed by atoms with E-state index in [4.69, 9.17) is 0 Å². The van der Waals surface area contributed by atoms with E-state index in [0.717, 1.165) is 41.5 Å². The molecule has 0 saturated heterocycles. The van der Waals surface area contributed by atoms with Crippen LogP contribution in [0.2, 0.25) is 0 Å². The second-order valence-electron chi connectivity index (χ2n) is 5.96. The molecule has 4 rings (SSSR count). The summed E-state index contributed by atoms with van der Waals surface area (Å²) in [5, 5.41) is 0.907. The lowest BCUT2D eigenvalue weighted by Gasteiger charge is -2.29. The normalized spacial score (nSPS) is 14.0. The number of halogens is 1. The molecular weight excluding hydrogens is 291 g/mol. The van der Waals surface area contributed by atoms with Crippen molar-refractivity contribution >= 4 is 22.5 Å². The van der Waals surface area contributed by atoms with Crippen molar-refractivity contribution in [2.75, 3.05) is 11.4 Å². The highest BCUT2D eigenvalue weighted by Crippen LogP contribution is 2.28. The number of aromatic amines is 1. The molecule has 0 radical (unpaired) electrons. The van der Waals surface area contributed by atoms with Gasteiger partial charge in [-0.25, -0.2) is 4.39 Å². The number of benzene rings is 2. The SMILES string of the molecule is O=C(Cc1c[nH]c2cc(F)ccc12)N1CCCc2ccccc21. The highest BCUT2D eigenvalue weighted by Gasteiger charge is 2.22. The molecule has 2 heterocycles. The zero-order valence-electron chi connectivity index (χ0n) is 12.7. The fraction of sp³-hybridized carbons (Fsp3) is 0.211. The van der Waals surface area contributed by atoms with Gasteiger partial charge >= 0.3 is 0 Å². The first-order valence-electron chi connectivity index (χ1n) is 7.86. The molecule has 23 heavy (non-hydrogen) atoms. The Hall–Kier alpha value is -2.62. The van der Waals surface area contributed by atoms with Crippen LogP contribution >= 0.6 is 0 Å². The molecular formula is C19H17FN2O. The molecule has 3 aromatic rings. The Balaban J connectivity index is 1.63. The molecule has 1 aromatic heterocycles. The van der Waals surface area contributed by atoms with Gasteiger partial charge in [-0.05, 0) is 48.2 Å². The quantitative estimate of drug-likeness (QED) is 0.767. The molecule has 1 aliphatic rings. The van der Waals surface area contributed by atoms with E-state index < -0.39 is 0 Å². The van der Waals surface area contributed by atoms with Crippen molar-refractivity contribution < 1.29 is 9.18 Å². The van der Waals surface area contributed by atoms with Gasteiger partial charge in [0.25, 0.3) is 0 Å². The van der Waals surface area contributed by atoms with E-state index in [2.05, 4.69) is 11.1 Å². The number of aryl methyl sites for hydroxylation is 1. The van der Waals surface area contributed by atoms with E-state index in [0.29, 0.717) is 6.42 Å². The van der Waals surface area contributed by atoms with Gasteiger partial charge in [0, 0.05) is 29.3 Å². The molecule has 1 amide bonds. The average molecular weight is 308 g/mol. The van der Waals surface area contributed by atoms with Crippen LogP contribution in [-0.4, -0.2) is 17.4 Å². The number of fused-ring (bicyclic) bond motifs is 2. The first-order chi connectivity index (χ1) is 11.2. The molecule has 0 unspecified atom stereocenters. The lowest BCUT2D eigenvalue weighted by molar-refractivity contribution is -0.118. The molecule has 0 atom stereocenters. The maximum Gasteiger partial charge on any atom is 0.231 e. The minimum atomic E-state index is -0.276. The summed E-state index contributed by atoms with van der Waals surface area (Å²) in [6.07, 6.45) is 4.13. The number of nitrogens with one attached hydrogen (secondary N) is 1. The molecule has 0 fully saturated rings. The van der Waals surface area contributed by atoms with E-state index in [1.54, 1.807) is 12.3 Å². The number of nitrogens with zero attached hydrogens (tertiary/aromatic N) is 1. The zero-order chi connectivity index (χ0) is 15.8. The lowest BCUT2D eigenvalue weighted by atomic mass is 10.0. The van der Waals surface area contributed by atoms with Crippen molar-refractivity contribution in [2.45, 2.75) is 19.3 Å². The molecule has 0 spiro atoms. The summed E-state index contributed by atoms with van der Waals surface area (Å²) in [5.74, 6) is -0.190. The summed E-state index contributed by atoms with van der Waals surface area (Å²) >= 11 is 0. The van der Waals surface area contributed by atoms with Gasteiger partial charge in [-0.3, -0.25) is 4.79 Å². The number of hydrogen-bond acceptors (Lipinski definition) is 1. The van der Waals surface area contributed by atoms with Crippen molar-refractivity contribution in [3.05, 3.63) is 65.6 Å². The number of carbonyl (C=O) groups excluding carboxylic acids is 1. The average Bonchev–Trinajstić information content (AvgIpc) is 2.96. The van der Waals surface area contributed by atoms with Crippen LogP contribution in [0, 0.1) is 5.82 Å². The molecule has 0 bridgehead atoms. The summed E-state index contributed by atoms with van der Waals surface area (Å²) in [4.78, 5) is 17.7. The molecule has 116 valence electrons. The number of carbonyl (C=O) groups is 1. The number of amides is 1. The van der Waals surface area contributed by atoms with Crippen LogP contribution in [-0.2, 0) is 17.6 Å². The number of para-hydroxylation sites is 1. The third-order valence-corrected chi connectivity index (χ3v) is 4.48. The van der Waals surface area contributed by atoms with Crippen LogP contribution < -0.4 is 4.90 Å². The highest BCUT2D eigenvalue weighted by molar-refractivity contribution is 5.98. The molecule has 1 aliphatic heterocycles. The van der Waals surface area contributed by atoms with E-state index in [1.165, 1.54) is 17.7 Å². The van der Waals surface area contributed by atoms with Gasteiger partial charge in [0.05, 0.1) is 6.42 Å². The van der Waals surface area contributed by atoms with E-state index in [1.807, 2.05) is 23.1 Å². The molecule has 4 heteroatoms. The van der Waals surface area contributed by atoms with E-state index in [9.17, 15) is 9.18 Å². The molecule has 2 aromatic carbocycles. The summed E-state index contributed by atoms with van der Waals surface area (Å²) in [7, 11) is 0. The van der Waals surface area contributed by atoms with Crippen LogP contribution in [0.15, 0.2) is 48.7 Å². The van der Waals surface area contributed by atoms with Gasteiger partial charge in [0.15, 0.2) is 0 Å². The molecule has 0 saturated carbocycles. The summed E-state index contributed by atoms with van der Waals surface area (Å²) in [6, 6.07) is 12.7. The van der Waals surface area contributed by atoms with Crippen LogP contribution in [0.25, 0.3) is 10.9 Å². The number of hydrogen-bond donors (Lipinski definition) is 1. The Labute approximate surface area is 133 Å². The van der Waals surface area contributed by atoms with Gasteiger partial charge < -0.3 is 9.88 Å². The van der Waals surface area contributed by atoms with Gasteiger partial charge in [-0.2, -0.15) is 0 Å². The summed E-state index contributed by atoms with van der Waals surface area (Å²) in [6.45, 7) is 0.757. The van der Waals surface area contributed by atoms with Crippen LogP contribution in [0.1, 0.15) is 17.5 Å². The topological polar surface area (TPSA) is 36.1 Å². The van der Waals surface area contributed by atoms with Crippen molar-refractivity contribution in [3.63, 3.8) is 0 Å². The zero-order valence-corrected chi connectivity index (χ0v) is 12.7. The second-order valence-corrected chi connectivity index (χ2v) is 5.96. The predicted octanol–water partition coefficient (Wildman–Crippen LogP) is 3.83. The Kier molecular flexibility index (Phi) is 3.37. The first-order valence-corrected chi connectivity index (χ1v) is 7.86. The Bertz CT molecular complexity index is 884. The van der Waals surface area contributed by atoms with Crippen LogP contribution in [0.3, 0.4) is 0 Å². The van der Waals surface area contributed by atoms with Crippen molar-refractivity contribution in [2.24, 2.45) is 0 Å². The molecule has 3 nitrogen and oxygen atoms in total. The highest BCUT2D eigenvalue weighted by atomic mass is 19.1. The predicted molar refractivity (Wildman–Crippen MR) is 89.1 cm³/mol. The number of H-pyrrole nitrogens is 1. The van der Waals surface area contributed by atoms with E-state index in [-0.39, 0.29) is 11.7 Å². The Morgan fingerprint density at radius 2 is 2.09 bits per heavy atom. The van der Waals surface area contributed by atoms with Gasteiger partial charge in [-0.1, -0.05) is 18.2 Å². The minimum absolute atomic E-state index is 0.0855. The second kappa shape index (κ2) is 5.54. The fourth-order valence-electron chi connectivity index (χ4n) is 3.36. The maximum absolute atomic E-state index is 13.3. The Morgan fingerprint density at radius 1 is 1.22 bits per heavy atom. The largest absolute Gasteiger partial charge is 0.361 e. The lowest BCUT2D eigenvalue weighted by Crippen LogP contribution is -2.36. The van der Waals surface area contributed by atoms with Crippen molar-refractivity contribution in [1.29, 1.82) is 0 Å². The van der Waals surface area contributed by atoms with Gasteiger partial charge in [-0.15, -0.1) is 0 Å². The number of anilines is 1. The molecule has 1 N–H and O–H groups in total. The monoisotopic (exact) mass is 308 g/mol. The van der Waals surface area contributed by atoms with Crippen LogP contribution in [0.4, 0.5) is 10.1 Å². The smallest absolute Gasteiger partial charge is 0.231 e. The number of aromatic nitrogens is 1. The fourth-order valence-corrected chi connectivity index (χ4v) is 3.36. The van der Waals surface area contributed by atoms with Crippen LogP contribution in [0.5, 0.6) is 0 Å². The van der Waals surface area contributed by atoms with Crippen molar-refractivity contribution in [3.8, 4) is 0 Å². The summed E-state index contributed by atoms with van der Waals surface area (Å²) in [5.41, 5.74) is 3.89. The third kappa shape index (κ3) is 2.50. The van der Waals surface area contributed by atoms with Gasteiger partial charge in [0.1, 0.15) is 5.82 Å². The molecule has 0 aliphatic carbocycles.